The summed E-state index contributed by atoms with van der Waals surface area (Å²) in [6.07, 6.45) is 5.25. The molecule has 0 spiro atoms. The number of benzene rings is 2. The molecule has 0 unspecified atom stereocenters. The van der Waals surface area contributed by atoms with Gasteiger partial charge in [0.25, 0.3) is 0 Å². The number of nitrogens with two attached hydrogens (primary N) is 1. The standard InChI is InChI=1S/C28H33F2N7O4/c1-40-24-12-20-22(13-25(24)41-11-3-8-35-9-6-19(38)7-10-35)32-17-37(23-5-2-4-21(29)27(23)30)28(20)34-18-14-33-36(15-18)16-26(31)39/h2,4-5,12-15,19,34,38H,3,6-11,16-17H2,1H3,(H2,31,39). The molecular formula is C28H33F2N7O4. The summed E-state index contributed by atoms with van der Waals surface area (Å²) in [5, 5.41) is 18.2. The Labute approximate surface area is 235 Å². The highest BCUT2D eigenvalue weighted by atomic mass is 19.2. The van der Waals surface area contributed by atoms with Crippen LogP contribution in [0.15, 0.2) is 47.7 Å². The molecule has 2 aromatic carbocycles. The highest BCUT2D eigenvalue weighted by molar-refractivity contribution is 5.78. The number of aliphatic hydroxyl groups is 1. The average molecular weight is 570 g/mol. The number of piperidine rings is 1. The van der Waals surface area contributed by atoms with E-state index < -0.39 is 17.5 Å². The van der Waals surface area contributed by atoms with E-state index in [1.165, 1.54) is 35.0 Å². The quantitative estimate of drug-likeness (QED) is 0.294. The van der Waals surface area contributed by atoms with Crippen LogP contribution in [0.3, 0.4) is 0 Å². The van der Waals surface area contributed by atoms with Crippen molar-refractivity contribution in [3.8, 4) is 11.5 Å². The summed E-state index contributed by atoms with van der Waals surface area (Å²) in [4.78, 5) is 19.8. The number of likely N-dealkylation sites (tertiary alicyclic amines) is 1. The molecule has 0 radical (unpaired) electrons. The summed E-state index contributed by atoms with van der Waals surface area (Å²) < 4.78 is 42.2. The molecule has 5 rings (SSSR count). The first-order valence-electron chi connectivity index (χ1n) is 13.4. The van der Waals surface area contributed by atoms with Gasteiger partial charge in [0.15, 0.2) is 23.1 Å². The highest BCUT2D eigenvalue weighted by Crippen LogP contribution is 2.28. The van der Waals surface area contributed by atoms with Gasteiger partial charge in [-0.3, -0.25) is 14.5 Å². The molecule has 0 aliphatic carbocycles. The molecule has 1 aromatic heterocycles. The topological polar surface area (TPSA) is 130 Å². The summed E-state index contributed by atoms with van der Waals surface area (Å²) in [6.45, 7) is 2.96. The number of amides is 1. The van der Waals surface area contributed by atoms with E-state index in [1.807, 2.05) is 0 Å². The number of primary amides is 1. The molecule has 1 saturated heterocycles. The van der Waals surface area contributed by atoms with Gasteiger partial charge in [-0.05, 0) is 37.5 Å². The largest absolute Gasteiger partial charge is 0.493 e. The van der Waals surface area contributed by atoms with Crippen molar-refractivity contribution in [2.75, 3.05) is 50.2 Å². The molecule has 0 atom stereocenters. The van der Waals surface area contributed by atoms with E-state index in [-0.39, 0.29) is 25.0 Å². The lowest BCUT2D eigenvalue weighted by atomic mass is 10.1. The van der Waals surface area contributed by atoms with Gasteiger partial charge in [0, 0.05) is 37.1 Å². The molecule has 2 aliphatic rings. The van der Waals surface area contributed by atoms with Gasteiger partial charge in [0.1, 0.15) is 19.0 Å². The summed E-state index contributed by atoms with van der Waals surface area (Å²) in [7, 11) is 1.53. The van der Waals surface area contributed by atoms with Crippen LogP contribution in [0.25, 0.3) is 5.82 Å². The van der Waals surface area contributed by atoms with Crippen LogP contribution >= 0.6 is 0 Å². The number of halogens is 2. The predicted molar refractivity (Wildman–Crippen MR) is 148 cm³/mol. The van der Waals surface area contributed by atoms with Crippen molar-refractivity contribution in [3.63, 3.8) is 0 Å². The zero-order valence-electron chi connectivity index (χ0n) is 22.7. The monoisotopic (exact) mass is 569 g/mol. The first-order chi connectivity index (χ1) is 19.8. The minimum absolute atomic E-state index is 0.00227. The number of hydrogen-bond donors (Lipinski definition) is 3. The molecule has 2 aliphatic heterocycles. The molecule has 3 heterocycles. The normalized spacial score (nSPS) is 15.8. The smallest absolute Gasteiger partial charge is 0.239 e. The predicted octanol–water partition coefficient (Wildman–Crippen LogP) is 1.16. The number of ether oxygens (including phenoxy) is 2. The minimum atomic E-state index is -1.01. The van der Waals surface area contributed by atoms with Crippen molar-refractivity contribution in [1.82, 2.24) is 14.7 Å². The first-order valence-corrected chi connectivity index (χ1v) is 13.4. The van der Waals surface area contributed by atoms with Crippen LogP contribution in [0.5, 0.6) is 11.5 Å². The zero-order chi connectivity index (χ0) is 28.9. The summed E-state index contributed by atoms with van der Waals surface area (Å²) >= 11 is 0. The number of aromatic nitrogens is 2. The number of hydrogen-bond acceptors (Lipinski definition) is 9. The Morgan fingerprint density at radius 2 is 2.02 bits per heavy atom. The van der Waals surface area contributed by atoms with E-state index in [4.69, 9.17) is 15.2 Å². The fourth-order valence-electron chi connectivity index (χ4n) is 4.96. The van der Waals surface area contributed by atoms with Crippen molar-refractivity contribution in [3.05, 3.63) is 64.9 Å². The van der Waals surface area contributed by atoms with E-state index in [9.17, 15) is 18.7 Å². The lowest BCUT2D eigenvalue weighted by molar-refractivity contribution is -0.118. The Hall–Kier alpha value is -4.23. The average Bonchev–Trinajstić information content (AvgIpc) is 3.39. The van der Waals surface area contributed by atoms with Gasteiger partial charge in [-0.1, -0.05) is 6.07 Å². The lowest BCUT2D eigenvalue weighted by Crippen LogP contribution is -2.43. The number of aliphatic hydroxyl groups excluding tert-OH is 1. The van der Waals surface area contributed by atoms with Gasteiger partial charge in [-0.25, -0.2) is 8.78 Å². The van der Waals surface area contributed by atoms with E-state index in [1.54, 1.807) is 18.3 Å². The maximum Gasteiger partial charge on any atom is 0.239 e. The fraction of sp³-hybridized carbons (Fsp3) is 0.393. The molecule has 0 saturated carbocycles. The lowest BCUT2D eigenvalue weighted by Gasteiger charge is -2.29. The van der Waals surface area contributed by atoms with Gasteiger partial charge < -0.3 is 35.4 Å². The van der Waals surface area contributed by atoms with Crippen molar-refractivity contribution in [2.24, 2.45) is 10.7 Å². The van der Waals surface area contributed by atoms with Crippen LogP contribution in [0, 0.1) is 11.6 Å². The second-order valence-electron chi connectivity index (χ2n) is 9.96. The molecule has 41 heavy (non-hydrogen) atoms. The molecule has 1 fully saturated rings. The van der Waals surface area contributed by atoms with Gasteiger partial charge in [-0.15, -0.1) is 0 Å². The Bertz CT molecular complexity index is 1520. The zero-order valence-corrected chi connectivity index (χ0v) is 22.7. The fourth-order valence-corrected chi connectivity index (χ4v) is 4.96. The van der Waals surface area contributed by atoms with E-state index in [2.05, 4.69) is 20.3 Å². The van der Waals surface area contributed by atoms with Crippen LogP contribution in [0.2, 0.25) is 0 Å². The molecule has 1 amide bonds. The second-order valence-corrected chi connectivity index (χ2v) is 9.96. The molecule has 0 bridgehead atoms. The van der Waals surface area contributed by atoms with Crippen molar-refractivity contribution >= 4 is 23.1 Å². The number of nitrogens with one attached hydrogen (secondary N) is 1. The Kier molecular flexibility index (Phi) is 8.64. The van der Waals surface area contributed by atoms with Gasteiger partial charge in [0.05, 0.1) is 42.7 Å². The maximum absolute atomic E-state index is 14.9. The van der Waals surface area contributed by atoms with E-state index in [0.717, 1.165) is 45.0 Å². The van der Waals surface area contributed by atoms with Crippen molar-refractivity contribution in [1.29, 1.82) is 0 Å². The van der Waals surface area contributed by atoms with Crippen molar-refractivity contribution < 1.29 is 28.2 Å². The molecule has 3 aromatic rings. The highest BCUT2D eigenvalue weighted by Gasteiger charge is 2.24. The summed E-state index contributed by atoms with van der Waals surface area (Å²) in [6, 6.07) is 7.45. The van der Waals surface area contributed by atoms with Crippen molar-refractivity contribution in [2.45, 2.75) is 31.9 Å². The van der Waals surface area contributed by atoms with Crippen LogP contribution < -0.4 is 36.0 Å². The SMILES string of the molecule is COc1cc2c(cc1OCCCN1CCC(O)CC1)=NCN(c1cccc(F)c1F)C=2Nc1cnn(CC(N)=O)c1. The van der Waals surface area contributed by atoms with Gasteiger partial charge in [-0.2, -0.15) is 5.10 Å². The molecule has 13 heteroatoms. The third-order valence-corrected chi connectivity index (χ3v) is 7.06. The minimum Gasteiger partial charge on any atom is -0.493 e. The van der Waals surface area contributed by atoms with Crippen LogP contribution in [0.4, 0.5) is 20.2 Å². The van der Waals surface area contributed by atoms with Crippen LogP contribution in [0.1, 0.15) is 19.3 Å². The number of carbonyl (C=O) groups is 1. The number of fused-ring (bicyclic) bond motifs is 1. The Morgan fingerprint density at radius 1 is 1.22 bits per heavy atom. The molecular weight excluding hydrogens is 536 g/mol. The van der Waals surface area contributed by atoms with E-state index in [0.29, 0.717) is 40.2 Å². The number of carbonyl (C=O) groups excluding carboxylic acids is 1. The molecule has 11 nitrogen and oxygen atoms in total. The third kappa shape index (κ3) is 6.57. The Balaban J connectivity index is 1.45. The maximum atomic E-state index is 14.9. The molecule has 4 N–H and O–H groups in total. The number of rotatable bonds is 11. The number of anilines is 2. The Morgan fingerprint density at radius 3 is 2.78 bits per heavy atom. The van der Waals surface area contributed by atoms with Gasteiger partial charge >= 0.3 is 0 Å². The number of methoxy groups -OCH3 is 1. The summed E-state index contributed by atoms with van der Waals surface area (Å²) in [5.41, 5.74) is 5.78. The van der Waals surface area contributed by atoms with Crippen LogP contribution in [-0.2, 0) is 11.3 Å². The van der Waals surface area contributed by atoms with Gasteiger partial charge in [0.2, 0.25) is 5.91 Å². The second kappa shape index (κ2) is 12.5. The summed E-state index contributed by atoms with van der Waals surface area (Å²) in [5.74, 6) is -1.16. The first kappa shape index (κ1) is 28.3. The van der Waals surface area contributed by atoms with E-state index >= 15 is 0 Å². The van der Waals surface area contributed by atoms with Crippen LogP contribution in [-0.4, -0.2) is 71.8 Å². The molecule has 218 valence electrons. The third-order valence-electron chi connectivity index (χ3n) is 7.06. The number of nitrogens with zero attached hydrogens (tertiary/aromatic N) is 5.